The van der Waals surface area contributed by atoms with Crippen molar-refractivity contribution >= 4 is 41.3 Å². The average Bonchev–Trinajstić information content (AvgIpc) is 2.72. The number of guanidine groups is 1. The Morgan fingerprint density at radius 2 is 1.70 bits per heavy atom. The minimum atomic E-state index is -4.31. The summed E-state index contributed by atoms with van der Waals surface area (Å²) < 4.78 is 38.7. The van der Waals surface area contributed by atoms with Crippen LogP contribution in [0.5, 0.6) is 0 Å². The number of benzene rings is 2. The number of nitrogens with zero attached hydrogens (tertiary/aromatic N) is 3. The van der Waals surface area contributed by atoms with E-state index in [4.69, 9.17) is 5.73 Å². The highest BCUT2D eigenvalue weighted by Crippen LogP contribution is 2.31. The summed E-state index contributed by atoms with van der Waals surface area (Å²) in [6.07, 6.45) is -3.43. The van der Waals surface area contributed by atoms with Gasteiger partial charge in [-0.15, -0.1) is 24.0 Å². The molecule has 0 spiro atoms. The molecule has 3 rings (SSSR count). The smallest absolute Gasteiger partial charge is 0.370 e. The number of halogens is 4. The first-order chi connectivity index (χ1) is 13.9. The molecule has 0 atom stereocenters. The summed E-state index contributed by atoms with van der Waals surface area (Å²) in [5.41, 5.74) is 6.82. The SMILES string of the molecule is I.NC(=NCCCN1CCN(c2cccc(C(F)(F)F)c2)CC1)Nc1ccccc1. The Kier molecular flexibility index (Phi) is 9.22. The monoisotopic (exact) mass is 533 g/mol. The molecule has 9 heteroatoms. The van der Waals surface area contributed by atoms with E-state index in [0.29, 0.717) is 31.3 Å². The van der Waals surface area contributed by atoms with Crippen LogP contribution in [0.4, 0.5) is 24.5 Å². The van der Waals surface area contributed by atoms with E-state index >= 15 is 0 Å². The van der Waals surface area contributed by atoms with Gasteiger partial charge in [-0.2, -0.15) is 13.2 Å². The lowest BCUT2D eigenvalue weighted by atomic mass is 10.1. The minimum Gasteiger partial charge on any atom is -0.370 e. The molecule has 1 aliphatic heterocycles. The van der Waals surface area contributed by atoms with Crippen LogP contribution < -0.4 is 16.0 Å². The van der Waals surface area contributed by atoms with Gasteiger partial charge in [-0.05, 0) is 36.8 Å². The van der Waals surface area contributed by atoms with Crippen molar-refractivity contribution < 1.29 is 13.2 Å². The Morgan fingerprint density at radius 3 is 2.37 bits per heavy atom. The van der Waals surface area contributed by atoms with Gasteiger partial charge in [-0.25, -0.2) is 0 Å². The maximum Gasteiger partial charge on any atom is 0.416 e. The zero-order valence-electron chi connectivity index (χ0n) is 16.6. The molecule has 1 aliphatic rings. The van der Waals surface area contributed by atoms with Gasteiger partial charge in [0.2, 0.25) is 0 Å². The van der Waals surface area contributed by atoms with Crippen LogP contribution in [0.3, 0.4) is 0 Å². The molecule has 2 aromatic carbocycles. The first-order valence-corrected chi connectivity index (χ1v) is 9.68. The van der Waals surface area contributed by atoms with E-state index < -0.39 is 11.7 Å². The van der Waals surface area contributed by atoms with Crippen molar-refractivity contribution in [3.05, 3.63) is 60.2 Å². The molecule has 0 bridgehead atoms. The number of alkyl halides is 3. The molecule has 0 radical (unpaired) electrons. The first-order valence-electron chi connectivity index (χ1n) is 9.68. The summed E-state index contributed by atoms with van der Waals surface area (Å²) in [5, 5.41) is 3.05. The van der Waals surface area contributed by atoms with Crippen LogP contribution in [0.15, 0.2) is 59.6 Å². The number of aliphatic imine (C=N–C) groups is 1. The highest BCUT2D eigenvalue weighted by molar-refractivity contribution is 14.0. The lowest BCUT2D eigenvalue weighted by Crippen LogP contribution is -2.46. The molecule has 2 aromatic rings. The second-order valence-corrected chi connectivity index (χ2v) is 6.99. The Labute approximate surface area is 192 Å². The zero-order chi connectivity index (χ0) is 20.7. The highest BCUT2D eigenvalue weighted by atomic mass is 127. The lowest BCUT2D eigenvalue weighted by molar-refractivity contribution is -0.137. The third-order valence-electron chi connectivity index (χ3n) is 4.87. The minimum absolute atomic E-state index is 0. The Bertz CT molecular complexity index is 806. The van der Waals surface area contributed by atoms with Crippen LogP contribution >= 0.6 is 24.0 Å². The summed E-state index contributed by atoms with van der Waals surface area (Å²) in [5.74, 6) is 0.394. The van der Waals surface area contributed by atoms with Crippen molar-refractivity contribution in [1.82, 2.24) is 4.90 Å². The van der Waals surface area contributed by atoms with Crippen LogP contribution in [-0.4, -0.2) is 50.1 Å². The molecule has 30 heavy (non-hydrogen) atoms. The van der Waals surface area contributed by atoms with Crippen molar-refractivity contribution in [1.29, 1.82) is 0 Å². The molecule has 0 aliphatic carbocycles. The number of hydrogen-bond donors (Lipinski definition) is 2. The summed E-state index contributed by atoms with van der Waals surface area (Å²) in [6.45, 7) is 4.57. The van der Waals surface area contributed by atoms with Gasteiger partial charge in [0.15, 0.2) is 5.96 Å². The molecule has 0 amide bonds. The quantitative estimate of drug-likeness (QED) is 0.252. The number of nitrogens with two attached hydrogens (primary N) is 1. The molecule has 0 saturated carbocycles. The Morgan fingerprint density at radius 1 is 1.00 bits per heavy atom. The third-order valence-corrected chi connectivity index (χ3v) is 4.87. The van der Waals surface area contributed by atoms with Crippen LogP contribution in [0.1, 0.15) is 12.0 Å². The fourth-order valence-corrected chi connectivity index (χ4v) is 3.31. The number of piperazine rings is 1. The fourth-order valence-electron chi connectivity index (χ4n) is 3.31. The second-order valence-electron chi connectivity index (χ2n) is 6.99. The van der Waals surface area contributed by atoms with Crippen molar-refractivity contribution in [3.8, 4) is 0 Å². The number of hydrogen-bond acceptors (Lipinski definition) is 3. The van der Waals surface area contributed by atoms with Crippen molar-refractivity contribution in [2.45, 2.75) is 12.6 Å². The van der Waals surface area contributed by atoms with E-state index in [0.717, 1.165) is 37.8 Å². The van der Waals surface area contributed by atoms with Crippen molar-refractivity contribution in [2.24, 2.45) is 10.7 Å². The predicted octanol–water partition coefficient (Wildman–Crippen LogP) is 4.26. The van der Waals surface area contributed by atoms with Crippen LogP contribution in [0.25, 0.3) is 0 Å². The molecule has 0 unspecified atom stereocenters. The van der Waals surface area contributed by atoms with Gasteiger partial charge in [0.25, 0.3) is 0 Å². The number of nitrogens with one attached hydrogen (secondary N) is 1. The largest absolute Gasteiger partial charge is 0.416 e. The number of para-hydroxylation sites is 1. The van der Waals surface area contributed by atoms with Gasteiger partial charge in [0.1, 0.15) is 0 Å². The summed E-state index contributed by atoms with van der Waals surface area (Å²) >= 11 is 0. The molecule has 1 fully saturated rings. The van der Waals surface area contributed by atoms with E-state index in [9.17, 15) is 13.2 Å². The van der Waals surface area contributed by atoms with Gasteiger partial charge in [0.05, 0.1) is 5.56 Å². The van der Waals surface area contributed by atoms with E-state index in [1.807, 2.05) is 35.2 Å². The van der Waals surface area contributed by atoms with Crippen LogP contribution in [0, 0.1) is 0 Å². The molecular formula is C21H27F3IN5. The molecule has 0 aromatic heterocycles. The van der Waals surface area contributed by atoms with Crippen LogP contribution in [-0.2, 0) is 6.18 Å². The van der Waals surface area contributed by atoms with Crippen molar-refractivity contribution in [3.63, 3.8) is 0 Å². The van der Waals surface area contributed by atoms with Gasteiger partial charge in [-0.3, -0.25) is 9.89 Å². The molecule has 1 heterocycles. The fraction of sp³-hybridized carbons (Fsp3) is 0.381. The summed E-state index contributed by atoms with van der Waals surface area (Å²) in [4.78, 5) is 8.65. The van der Waals surface area contributed by atoms with Gasteiger partial charge >= 0.3 is 6.18 Å². The standard InChI is InChI=1S/C21H26F3N5.HI/c22-21(23,24)17-6-4-9-19(16-17)29-14-12-28(13-15-29)11-5-10-26-20(25)27-18-7-2-1-3-8-18;/h1-4,6-9,16H,5,10-15H2,(H3,25,26,27);1H. The van der Waals surface area contributed by atoms with E-state index in [1.54, 1.807) is 6.07 Å². The number of anilines is 2. The second kappa shape index (κ2) is 11.4. The summed E-state index contributed by atoms with van der Waals surface area (Å²) in [7, 11) is 0. The van der Waals surface area contributed by atoms with E-state index in [-0.39, 0.29) is 24.0 Å². The predicted molar refractivity (Wildman–Crippen MR) is 127 cm³/mol. The highest BCUT2D eigenvalue weighted by Gasteiger charge is 2.31. The Hall–Kier alpha value is -2.01. The average molecular weight is 533 g/mol. The molecular weight excluding hydrogens is 506 g/mol. The van der Waals surface area contributed by atoms with E-state index in [1.165, 1.54) is 12.1 Å². The zero-order valence-corrected chi connectivity index (χ0v) is 18.9. The normalized spacial score (nSPS) is 15.6. The van der Waals surface area contributed by atoms with Gasteiger partial charge in [-0.1, -0.05) is 24.3 Å². The molecule has 5 nitrogen and oxygen atoms in total. The van der Waals surface area contributed by atoms with Gasteiger partial charge < -0.3 is 16.0 Å². The maximum atomic E-state index is 12.9. The molecule has 1 saturated heterocycles. The first kappa shape index (κ1) is 24.3. The van der Waals surface area contributed by atoms with Crippen LogP contribution in [0.2, 0.25) is 0 Å². The summed E-state index contributed by atoms with van der Waals surface area (Å²) in [6, 6.07) is 15.2. The third kappa shape index (κ3) is 7.35. The number of rotatable bonds is 6. The topological polar surface area (TPSA) is 56.9 Å². The molecule has 3 N–H and O–H groups in total. The Balaban J connectivity index is 0.00000320. The maximum absolute atomic E-state index is 12.9. The van der Waals surface area contributed by atoms with E-state index in [2.05, 4.69) is 15.2 Å². The van der Waals surface area contributed by atoms with Crippen molar-refractivity contribution in [2.75, 3.05) is 49.5 Å². The molecule has 164 valence electrons. The van der Waals surface area contributed by atoms with Gasteiger partial charge in [0, 0.05) is 50.6 Å². The lowest BCUT2D eigenvalue weighted by Gasteiger charge is -2.36.